The third-order valence-electron chi connectivity index (χ3n) is 1.96. The Labute approximate surface area is 76.9 Å². The summed E-state index contributed by atoms with van der Waals surface area (Å²) in [5, 5.41) is 10.6. The first-order chi connectivity index (χ1) is 6.04. The highest BCUT2D eigenvalue weighted by Crippen LogP contribution is 2.25. The second kappa shape index (κ2) is 3.39. The van der Waals surface area contributed by atoms with E-state index >= 15 is 0 Å². The molecule has 0 fully saturated rings. The number of nitrogens with zero attached hydrogens (tertiary/aromatic N) is 1. The van der Waals surface area contributed by atoms with Crippen LogP contribution >= 0.6 is 0 Å². The van der Waals surface area contributed by atoms with Crippen LogP contribution in [0.1, 0.15) is 18.1 Å². The molecular formula is C10H11NO2. The zero-order valence-corrected chi connectivity index (χ0v) is 7.70. The van der Waals surface area contributed by atoms with Gasteiger partial charge in [-0.25, -0.2) is 0 Å². The third-order valence-corrected chi connectivity index (χ3v) is 1.96. The predicted molar refractivity (Wildman–Crippen MR) is 52.5 cm³/mol. The number of nitro groups is 1. The Balaban J connectivity index is 3.35. The summed E-state index contributed by atoms with van der Waals surface area (Å²) in [5.74, 6) is 0. The van der Waals surface area contributed by atoms with Crippen molar-refractivity contribution in [1.29, 1.82) is 0 Å². The van der Waals surface area contributed by atoms with Crippen molar-refractivity contribution < 1.29 is 4.92 Å². The quantitative estimate of drug-likeness (QED) is 0.515. The molecule has 3 nitrogen and oxygen atoms in total. The fraction of sp³-hybridized carbons (Fsp3) is 0.200. The fourth-order valence-electron chi connectivity index (χ4n) is 1.28. The van der Waals surface area contributed by atoms with Crippen LogP contribution in [0.2, 0.25) is 0 Å². The lowest BCUT2D eigenvalue weighted by atomic mass is 10.0. The van der Waals surface area contributed by atoms with Crippen LogP contribution in [0.4, 0.5) is 5.69 Å². The Kier molecular flexibility index (Phi) is 2.46. The molecule has 0 unspecified atom stereocenters. The molecule has 0 spiro atoms. The average Bonchev–Trinajstić information content (AvgIpc) is 2.03. The Morgan fingerprint density at radius 3 is 2.62 bits per heavy atom. The van der Waals surface area contributed by atoms with Gasteiger partial charge >= 0.3 is 0 Å². The Morgan fingerprint density at radius 2 is 2.15 bits per heavy atom. The van der Waals surface area contributed by atoms with Crippen molar-refractivity contribution in [3.05, 3.63) is 46.0 Å². The average molecular weight is 177 g/mol. The van der Waals surface area contributed by atoms with Crippen molar-refractivity contribution in [2.75, 3.05) is 0 Å². The predicted octanol–water partition coefficient (Wildman–Crippen LogP) is 2.94. The maximum Gasteiger partial charge on any atom is 0.272 e. The van der Waals surface area contributed by atoms with Crippen molar-refractivity contribution >= 4 is 11.3 Å². The highest BCUT2D eigenvalue weighted by atomic mass is 16.6. The first-order valence-electron chi connectivity index (χ1n) is 3.94. The number of allylic oxidation sites excluding steroid dienone is 1. The number of hydrogen-bond donors (Lipinski definition) is 0. The van der Waals surface area contributed by atoms with Crippen molar-refractivity contribution in [3.63, 3.8) is 0 Å². The van der Waals surface area contributed by atoms with Gasteiger partial charge in [-0.2, -0.15) is 0 Å². The second-order valence-corrected chi connectivity index (χ2v) is 2.99. The molecule has 0 heterocycles. The molecule has 68 valence electrons. The lowest BCUT2D eigenvalue weighted by Gasteiger charge is -2.04. The summed E-state index contributed by atoms with van der Waals surface area (Å²) in [6.45, 7) is 7.34. The summed E-state index contributed by atoms with van der Waals surface area (Å²) in [6, 6.07) is 5.02. The molecule has 0 aliphatic heterocycles. The standard InChI is InChI=1S/C10H11NO2/c1-7(2)9-5-4-6-10(8(9)3)11(12)13/h4-6H,1H2,2-3H3. The fourth-order valence-corrected chi connectivity index (χ4v) is 1.28. The Morgan fingerprint density at radius 1 is 1.54 bits per heavy atom. The van der Waals surface area contributed by atoms with Gasteiger partial charge in [0.1, 0.15) is 0 Å². The first-order valence-corrected chi connectivity index (χ1v) is 3.94. The maximum absolute atomic E-state index is 10.6. The smallest absolute Gasteiger partial charge is 0.258 e. The molecule has 3 heteroatoms. The lowest BCUT2D eigenvalue weighted by Crippen LogP contribution is -1.94. The molecule has 0 N–H and O–H groups in total. The monoisotopic (exact) mass is 177 g/mol. The molecule has 1 rings (SSSR count). The summed E-state index contributed by atoms with van der Waals surface area (Å²) in [4.78, 5) is 10.2. The number of nitro benzene ring substituents is 1. The van der Waals surface area contributed by atoms with E-state index in [9.17, 15) is 10.1 Å². The van der Waals surface area contributed by atoms with Gasteiger partial charge in [-0.3, -0.25) is 10.1 Å². The van der Waals surface area contributed by atoms with Gasteiger partial charge in [0.25, 0.3) is 5.69 Å². The minimum absolute atomic E-state index is 0.153. The normalized spacial score (nSPS) is 9.69. The maximum atomic E-state index is 10.6. The number of rotatable bonds is 2. The van der Waals surface area contributed by atoms with E-state index in [0.717, 1.165) is 11.1 Å². The molecule has 0 saturated carbocycles. The van der Waals surface area contributed by atoms with Crippen LogP contribution in [0, 0.1) is 17.0 Å². The lowest BCUT2D eigenvalue weighted by molar-refractivity contribution is -0.385. The molecule has 13 heavy (non-hydrogen) atoms. The summed E-state index contributed by atoms with van der Waals surface area (Å²) < 4.78 is 0. The van der Waals surface area contributed by atoms with E-state index in [1.54, 1.807) is 13.0 Å². The number of hydrogen-bond acceptors (Lipinski definition) is 2. The van der Waals surface area contributed by atoms with Crippen LogP contribution in [0.5, 0.6) is 0 Å². The molecule has 1 aromatic carbocycles. The largest absolute Gasteiger partial charge is 0.272 e. The highest BCUT2D eigenvalue weighted by molar-refractivity contribution is 5.67. The molecular weight excluding hydrogens is 166 g/mol. The van der Waals surface area contributed by atoms with Gasteiger partial charge in [0.15, 0.2) is 0 Å². The molecule has 0 aromatic heterocycles. The van der Waals surface area contributed by atoms with Crippen molar-refractivity contribution in [3.8, 4) is 0 Å². The van der Waals surface area contributed by atoms with Gasteiger partial charge in [-0.15, -0.1) is 0 Å². The number of benzene rings is 1. The zero-order chi connectivity index (χ0) is 10.0. The summed E-state index contributed by atoms with van der Waals surface area (Å²) in [7, 11) is 0. The van der Waals surface area contributed by atoms with E-state index in [1.165, 1.54) is 6.07 Å². The van der Waals surface area contributed by atoms with Gasteiger partial charge < -0.3 is 0 Å². The Bertz CT molecular complexity index is 337. The molecule has 0 aliphatic carbocycles. The van der Waals surface area contributed by atoms with Gasteiger partial charge in [0, 0.05) is 11.6 Å². The summed E-state index contributed by atoms with van der Waals surface area (Å²) >= 11 is 0. The molecule has 0 amide bonds. The van der Waals surface area contributed by atoms with E-state index in [1.807, 2.05) is 13.0 Å². The molecule has 0 aliphatic rings. The molecule has 0 radical (unpaired) electrons. The van der Waals surface area contributed by atoms with E-state index in [2.05, 4.69) is 6.58 Å². The Hall–Kier alpha value is -1.64. The van der Waals surface area contributed by atoms with Crippen molar-refractivity contribution in [1.82, 2.24) is 0 Å². The zero-order valence-electron chi connectivity index (χ0n) is 7.70. The van der Waals surface area contributed by atoms with E-state index in [-0.39, 0.29) is 10.6 Å². The van der Waals surface area contributed by atoms with Gasteiger partial charge in [0.05, 0.1) is 4.92 Å². The minimum atomic E-state index is -0.373. The van der Waals surface area contributed by atoms with Crippen LogP contribution in [0.15, 0.2) is 24.8 Å². The van der Waals surface area contributed by atoms with E-state index in [4.69, 9.17) is 0 Å². The van der Waals surface area contributed by atoms with Crippen LogP contribution in [0.3, 0.4) is 0 Å². The van der Waals surface area contributed by atoms with Crippen LogP contribution in [-0.2, 0) is 0 Å². The SMILES string of the molecule is C=C(C)c1cccc([N+](=O)[O-])c1C. The van der Waals surface area contributed by atoms with E-state index < -0.39 is 0 Å². The summed E-state index contributed by atoms with van der Waals surface area (Å²) in [6.07, 6.45) is 0. The topological polar surface area (TPSA) is 43.1 Å². The van der Waals surface area contributed by atoms with Crippen LogP contribution in [-0.4, -0.2) is 4.92 Å². The third kappa shape index (κ3) is 1.75. The van der Waals surface area contributed by atoms with Gasteiger partial charge in [-0.1, -0.05) is 24.3 Å². The van der Waals surface area contributed by atoms with Crippen molar-refractivity contribution in [2.24, 2.45) is 0 Å². The molecule has 0 atom stereocenters. The van der Waals surface area contributed by atoms with Crippen LogP contribution < -0.4 is 0 Å². The molecule has 1 aromatic rings. The highest BCUT2D eigenvalue weighted by Gasteiger charge is 2.12. The van der Waals surface area contributed by atoms with Gasteiger partial charge in [-0.05, 0) is 19.4 Å². The van der Waals surface area contributed by atoms with Crippen molar-refractivity contribution in [2.45, 2.75) is 13.8 Å². The van der Waals surface area contributed by atoms with Gasteiger partial charge in [0.2, 0.25) is 0 Å². The van der Waals surface area contributed by atoms with Crippen LogP contribution in [0.25, 0.3) is 5.57 Å². The molecule has 0 bridgehead atoms. The minimum Gasteiger partial charge on any atom is -0.258 e. The second-order valence-electron chi connectivity index (χ2n) is 2.99. The summed E-state index contributed by atoms with van der Waals surface area (Å²) in [5.41, 5.74) is 2.54. The molecule has 0 saturated heterocycles. The van der Waals surface area contributed by atoms with E-state index in [0.29, 0.717) is 5.56 Å². The first kappa shape index (κ1) is 9.45.